The summed E-state index contributed by atoms with van der Waals surface area (Å²) < 4.78 is 0. The molecule has 0 bridgehead atoms. The van der Waals surface area contributed by atoms with Crippen molar-refractivity contribution in [3.05, 3.63) is 0 Å². The summed E-state index contributed by atoms with van der Waals surface area (Å²) in [6.07, 6.45) is 1.67. The van der Waals surface area contributed by atoms with Crippen molar-refractivity contribution in [1.29, 1.82) is 0 Å². The molecule has 0 fully saturated rings. The number of nitrogens with one attached hydrogen (secondary N) is 1. The summed E-state index contributed by atoms with van der Waals surface area (Å²) in [5.41, 5.74) is -0.803. The van der Waals surface area contributed by atoms with Gasteiger partial charge in [-0.3, -0.25) is 4.79 Å². The fourth-order valence-electron chi connectivity index (χ4n) is 1.58. The van der Waals surface area contributed by atoms with E-state index in [2.05, 4.69) is 5.32 Å². The number of unbranched alkanes of at least 4 members (excludes halogenated alkanes) is 1. The summed E-state index contributed by atoms with van der Waals surface area (Å²) >= 11 is 0. The molecule has 106 valence electrons. The van der Waals surface area contributed by atoms with E-state index < -0.39 is 11.5 Å². The smallest absolute Gasteiger partial charge is 0.317 e. The molecule has 6 heteroatoms. The third-order valence-corrected chi connectivity index (χ3v) is 2.48. The molecule has 2 amide bonds. The molecule has 3 N–H and O–H groups in total. The van der Waals surface area contributed by atoms with E-state index in [1.54, 1.807) is 13.8 Å². The second-order valence-corrected chi connectivity index (χ2v) is 4.95. The van der Waals surface area contributed by atoms with Crippen LogP contribution >= 0.6 is 0 Å². The Hall–Kier alpha value is -1.30. The van der Waals surface area contributed by atoms with Gasteiger partial charge in [0.05, 0.1) is 13.0 Å². The molecular formula is C12H24N2O4. The van der Waals surface area contributed by atoms with Crippen molar-refractivity contribution in [2.45, 2.75) is 45.6 Å². The van der Waals surface area contributed by atoms with E-state index in [-0.39, 0.29) is 25.6 Å². The lowest BCUT2D eigenvalue weighted by atomic mass is 10.0. The van der Waals surface area contributed by atoms with Gasteiger partial charge in [-0.1, -0.05) is 13.3 Å². The molecule has 0 aliphatic carbocycles. The molecule has 0 aliphatic heterocycles. The van der Waals surface area contributed by atoms with Crippen LogP contribution in [0, 0.1) is 0 Å². The SMILES string of the molecule is CCCCN(CCO)C(=O)NC(C)(C)CC(=O)O. The van der Waals surface area contributed by atoms with Crippen molar-refractivity contribution in [2.75, 3.05) is 19.7 Å². The molecule has 6 nitrogen and oxygen atoms in total. The molecule has 0 atom stereocenters. The van der Waals surface area contributed by atoms with Gasteiger partial charge in [0, 0.05) is 18.6 Å². The van der Waals surface area contributed by atoms with Crippen molar-refractivity contribution in [3.63, 3.8) is 0 Å². The van der Waals surface area contributed by atoms with Gasteiger partial charge in [-0.2, -0.15) is 0 Å². The number of hydrogen-bond donors (Lipinski definition) is 3. The van der Waals surface area contributed by atoms with Gasteiger partial charge < -0.3 is 20.4 Å². The molecule has 0 unspecified atom stereocenters. The Kier molecular flexibility index (Phi) is 7.35. The van der Waals surface area contributed by atoms with Crippen molar-refractivity contribution in [2.24, 2.45) is 0 Å². The van der Waals surface area contributed by atoms with Gasteiger partial charge in [-0.25, -0.2) is 4.79 Å². The van der Waals surface area contributed by atoms with Crippen molar-refractivity contribution in [3.8, 4) is 0 Å². The summed E-state index contributed by atoms with van der Waals surface area (Å²) in [6, 6.07) is -0.330. The van der Waals surface area contributed by atoms with Crippen LogP contribution < -0.4 is 5.32 Å². The highest BCUT2D eigenvalue weighted by Crippen LogP contribution is 2.09. The average Bonchev–Trinajstić information content (AvgIpc) is 2.21. The highest BCUT2D eigenvalue weighted by molar-refractivity contribution is 5.76. The zero-order valence-electron chi connectivity index (χ0n) is 11.4. The lowest BCUT2D eigenvalue weighted by molar-refractivity contribution is -0.138. The Morgan fingerprint density at radius 1 is 1.28 bits per heavy atom. The highest BCUT2D eigenvalue weighted by atomic mass is 16.4. The Balaban J connectivity index is 4.43. The fourth-order valence-corrected chi connectivity index (χ4v) is 1.58. The maximum atomic E-state index is 11.9. The standard InChI is InChI=1S/C12H24N2O4/c1-4-5-6-14(7-8-15)11(18)13-12(2,3)9-10(16)17/h15H,4-9H2,1-3H3,(H,13,18)(H,16,17). The molecule has 18 heavy (non-hydrogen) atoms. The Bertz CT molecular complexity index is 279. The van der Waals surface area contributed by atoms with Crippen LogP contribution in [0.5, 0.6) is 0 Å². The van der Waals surface area contributed by atoms with Gasteiger partial charge >= 0.3 is 12.0 Å². The van der Waals surface area contributed by atoms with Crippen LogP contribution in [0.25, 0.3) is 0 Å². The molecule has 0 saturated carbocycles. The average molecular weight is 260 g/mol. The molecule has 0 spiro atoms. The summed E-state index contributed by atoms with van der Waals surface area (Å²) in [5, 5.41) is 20.3. The van der Waals surface area contributed by atoms with Gasteiger partial charge in [-0.15, -0.1) is 0 Å². The van der Waals surface area contributed by atoms with Crippen LogP contribution in [-0.4, -0.2) is 52.3 Å². The van der Waals surface area contributed by atoms with E-state index in [1.165, 1.54) is 4.90 Å². The third-order valence-electron chi connectivity index (χ3n) is 2.48. The van der Waals surface area contributed by atoms with Crippen LogP contribution in [0.2, 0.25) is 0 Å². The quantitative estimate of drug-likeness (QED) is 0.608. The monoisotopic (exact) mass is 260 g/mol. The number of aliphatic hydroxyl groups excluding tert-OH is 1. The number of aliphatic hydroxyl groups is 1. The minimum atomic E-state index is -0.956. The lowest BCUT2D eigenvalue weighted by Gasteiger charge is -2.29. The summed E-state index contributed by atoms with van der Waals surface area (Å²) in [7, 11) is 0. The van der Waals surface area contributed by atoms with Crippen LogP contribution in [0.4, 0.5) is 4.79 Å². The second-order valence-electron chi connectivity index (χ2n) is 4.95. The van der Waals surface area contributed by atoms with Gasteiger partial charge in [0.15, 0.2) is 0 Å². The topological polar surface area (TPSA) is 89.9 Å². The Morgan fingerprint density at radius 2 is 1.89 bits per heavy atom. The molecule has 0 aliphatic rings. The van der Waals surface area contributed by atoms with E-state index in [0.29, 0.717) is 6.54 Å². The zero-order chi connectivity index (χ0) is 14.2. The first kappa shape index (κ1) is 16.7. The van der Waals surface area contributed by atoms with Gasteiger partial charge in [0.1, 0.15) is 0 Å². The van der Waals surface area contributed by atoms with E-state index in [4.69, 9.17) is 10.2 Å². The first-order valence-corrected chi connectivity index (χ1v) is 6.22. The Labute approximate surface area is 108 Å². The first-order valence-electron chi connectivity index (χ1n) is 6.22. The maximum absolute atomic E-state index is 11.9. The molecular weight excluding hydrogens is 236 g/mol. The predicted molar refractivity (Wildman–Crippen MR) is 68.4 cm³/mol. The number of carbonyl (C=O) groups is 2. The molecule has 0 radical (unpaired) electrons. The van der Waals surface area contributed by atoms with Crippen LogP contribution in [-0.2, 0) is 4.79 Å². The predicted octanol–water partition coefficient (Wildman–Crippen LogP) is 1.04. The second kappa shape index (κ2) is 7.92. The minimum Gasteiger partial charge on any atom is -0.481 e. The van der Waals surface area contributed by atoms with Crippen LogP contribution in [0.1, 0.15) is 40.0 Å². The van der Waals surface area contributed by atoms with E-state index >= 15 is 0 Å². The number of aliphatic carboxylic acids is 1. The molecule has 0 rings (SSSR count). The largest absolute Gasteiger partial charge is 0.481 e. The number of carbonyl (C=O) groups excluding carboxylic acids is 1. The van der Waals surface area contributed by atoms with Crippen LogP contribution in [0.3, 0.4) is 0 Å². The summed E-state index contributed by atoms with van der Waals surface area (Å²) in [6.45, 7) is 6.06. The number of carboxylic acids is 1. The van der Waals surface area contributed by atoms with Crippen LogP contribution in [0.15, 0.2) is 0 Å². The summed E-state index contributed by atoms with van der Waals surface area (Å²) in [4.78, 5) is 24.1. The normalized spacial score (nSPS) is 11.1. The maximum Gasteiger partial charge on any atom is 0.317 e. The fraction of sp³-hybridized carbons (Fsp3) is 0.833. The van der Waals surface area contributed by atoms with Gasteiger partial charge in [0.25, 0.3) is 0 Å². The van der Waals surface area contributed by atoms with Crippen molar-refractivity contribution >= 4 is 12.0 Å². The summed E-state index contributed by atoms with van der Waals surface area (Å²) in [5.74, 6) is -0.956. The lowest BCUT2D eigenvalue weighted by Crippen LogP contribution is -2.51. The highest BCUT2D eigenvalue weighted by Gasteiger charge is 2.26. The number of rotatable bonds is 8. The van der Waals surface area contributed by atoms with E-state index in [1.807, 2.05) is 6.92 Å². The molecule has 0 aromatic rings. The number of hydrogen-bond acceptors (Lipinski definition) is 3. The third kappa shape index (κ3) is 7.11. The molecule has 0 heterocycles. The van der Waals surface area contributed by atoms with Crippen molar-refractivity contribution in [1.82, 2.24) is 10.2 Å². The zero-order valence-corrected chi connectivity index (χ0v) is 11.4. The van der Waals surface area contributed by atoms with E-state index in [9.17, 15) is 9.59 Å². The van der Waals surface area contributed by atoms with E-state index in [0.717, 1.165) is 12.8 Å². The number of nitrogens with zero attached hydrogens (tertiary/aromatic N) is 1. The Morgan fingerprint density at radius 3 is 2.33 bits per heavy atom. The minimum absolute atomic E-state index is 0.101. The molecule has 0 aromatic carbocycles. The van der Waals surface area contributed by atoms with Gasteiger partial charge in [-0.05, 0) is 20.3 Å². The molecule has 0 aromatic heterocycles. The molecule has 0 saturated heterocycles. The van der Waals surface area contributed by atoms with Crippen molar-refractivity contribution < 1.29 is 19.8 Å². The van der Waals surface area contributed by atoms with Gasteiger partial charge in [0.2, 0.25) is 0 Å². The number of amides is 2. The first-order chi connectivity index (χ1) is 8.32. The number of urea groups is 1. The number of carboxylic acid groups (broad SMARTS) is 1.